The molecule has 1 amide bonds. The fourth-order valence-corrected chi connectivity index (χ4v) is 2.92. The summed E-state index contributed by atoms with van der Waals surface area (Å²) < 4.78 is 6.11. The van der Waals surface area contributed by atoms with Crippen LogP contribution in [0.25, 0.3) is 10.8 Å². The van der Waals surface area contributed by atoms with Crippen molar-refractivity contribution in [1.82, 2.24) is 9.78 Å². The number of hydrogen-bond acceptors (Lipinski definition) is 5. The number of anilines is 1. The predicted octanol–water partition coefficient (Wildman–Crippen LogP) is 2.17. The Hall–Kier alpha value is -3.48. The molecule has 0 N–H and O–H groups in total. The van der Waals surface area contributed by atoms with E-state index >= 15 is 0 Å². The molecule has 0 unspecified atom stereocenters. The summed E-state index contributed by atoms with van der Waals surface area (Å²) in [5, 5.41) is 5.29. The zero-order valence-corrected chi connectivity index (χ0v) is 15.8. The maximum absolute atomic E-state index is 12.8. The topological polar surface area (TPSA) is 81.5 Å². The highest BCUT2D eigenvalue weighted by Crippen LogP contribution is 2.15. The quantitative estimate of drug-likeness (QED) is 0.613. The van der Waals surface area contributed by atoms with Gasteiger partial charge >= 0.3 is 5.97 Å². The minimum atomic E-state index is -0.432. The third kappa shape index (κ3) is 4.09. The van der Waals surface area contributed by atoms with Crippen molar-refractivity contribution in [3.8, 4) is 0 Å². The molecule has 1 heterocycles. The molecule has 0 aliphatic carbocycles. The van der Waals surface area contributed by atoms with E-state index in [4.69, 9.17) is 4.74 Å². The third-order valence-corrected chi connectivity index (χ3v) is 4.36. The Labute approximate surface area is 162 Å². The van der Waals surface area contributed by atoms with E-state index < -0.39 is 5.97 Å². The molecule has 144 valence electrons. The number of nitrogens with zero attached hydrogens (tertiary/aromatic N) is 3. The van der Waals surface area contributed by atoms with Crippen LogP contribution >= 0.6 is 0 Å². The van der Waals surface area contributed by atoms with Crippen LogP contribution in [0.4, 0.5) is 5.69 Å². The lowest BCUT2D eigenvalue weighted by Crippen LogP contribution is -2.35. The molecule has 28 heavy (non-hydrogen) atoms. The lowest BCUT2D eigenvalue weighted by atomic mass is 10.1. The van der Waals surface area contributed by atoms with Crippen LogP contribution in [0.1, 0.15) is 12.6 Å². The summed E-state index contributed by atoms with van der Waals surface area (Å²) in [5.41, 5.74) is 0.745. The van der Waals surface area contributed by atoms with Crippen molar-refractivity contribution in [1.29, 1.82) is 0 Å². The Morgan fingerprint density at radius 2 is 1.68 bits per heavy atom. The van der Waals surface area contributed by atoms with Crippen LogP contribution in [0.3, 0.4) is 0 Å². The van der Waals surface area contributed by atoms with E-state index in [1.807, 2.05) is 18.2 Å². The first-order chi connectivity index (χ1) is 13.5. The van der Waals surface area contributed by atoms with Gasteiger partial charge in [0.2, 0.25) is 5.91 Å². The van der Waals surface area contributed by atoms with E-state index in [2.05, 4.69) is 5.10 Å². The monoisotopic (exact) mass is 379 g/mol. The van der Waals surface area contributed by atoms with E-state index in [0.717, 1.165) is 4.68 Å². The number of likely N-dealkylation sites (N-methyl/N-ethyl adjacent to an activating group) is 1. The molecular weight excluding hydrogens is 358 g/mol. The van der Waals surface area contributed by atoms with Crippen LogP contribution in [0.2, 0.25) is 0 Å². The van der Waals surface area contributed by atoms with E-state index in [0.29, 0.717) is 22.2 Å². The SMILES string of the molecule is CCOC(=O)Cc1nn(CC(=O)N(C)c2ccccc2)c(=O)c2ccccc12. The van der Waals surface area contributed by atoms with Crippen LogP contribution in [0, 0.1) is 0 Å². The van der Waals surface area contributed by atoms with Gasteiger partial charge in [0.1, 0.15) is 6.54 Å². The lowest BCUT2D eigenvalue weighted by Gasteiger charge is -2.18. The number of amides is 1. The Balaban J connectivity index is 1.96. The van der Waals surface area contributed by atoms with E-state index in [-0.39, 0.29) is 31.0 Å². The number of fused-ring (bicyclic) bond motifs is 1. The van der Waals surface area contributed by atoms with Gasteiger partial charge in [0, 0.05) is 18.1 Å². The summed E-state index contributed by atoms with van der Waals surface area (Å²) in [6.45, 7) is 1.75. The number of carbonyl (C=O) groups excluding carboxylic acids is 2. The summed E-state index contributed by atoms with van der Waals surface area (Å²) >= 11 is 0. The van der Waals surface area contributed by atoms with Crippen LogP contribution in [-0.2, 0) is 27.3 Å². The highest BCUT2D eigenvalue weighted by Gasteiger charge is 2.17. The van der Waals surface area contributed by atoms with Crippen molar-refractivity contribution in [2.24, 2.45) is 0 Å². The molecule has 0 saturated carbocycles. The molecule has 0 fully saturated rings. The van der Waals surface area contributed by atoms with Gasteiger partial charge in [-0.2, -0.15) is 5.10 Å². The molecule has 2 aromatic carbocycles. The van der Waals surface area contributed by atoms with Crippen molar-refractivity contribution in [3.05, 3.63) is 70.6 Å². The summed E-state index contributed by atoms with van der Waals surface area (Å²) in [4.78, 5) is 38.9. The van der Waals surface area contributed by atoms with Gasteiger partial charge in [-0.3, -0.25) is 14.4 Å². The van der Waals surface area contributed by atoms with Crippen molar-refractivity contribution in [2.75, 3.05) is 18.6 Å². The molecule has 0 aliphatic heterocycles. The Kier molecular flexibility index (Phi) is 5.84. The molecule has 3 rings (SSSR count). The zero-order valence-electron chi connectivity index (χ0n) is 15.8. The maximum Gasteiger partial charge on any atom is 0.311 e. The van der Waals surface area contributed by atoms with Gasteiger partial charge in [-0.1, -0.05) is 36.4 Å². The minimum Gasteiger partial charge on any atom is -0.466 e. The van der Waals surface area contributed by atoms with Gasteiger partial charge in [0.25, 0.3) is 5.56 Å². The number of para-hydroxylation sites is 1. The van der Waals surface area contributed by atoms with Crippen LogP contribution < -0.4 is 10.5 Å². The van der Waals surface area contributed by atoms with Crippen molar-refractivity contribution in [2.45, 2.75) is 19.9 Å². The fourth-order valence-electron chi connectivity index (χ4n) is 2.92. The van der Waals surface area contributed by atoms with Gasteiger partial charge in [-0.15, -0.1) is 0 Å². The second-order valence-electron chi connectivity index (χ2n) is 6.23. The molecule has 0 aliphatic rings. The van der Waals surface area contributed by atoms with Crippen molar-refractivity contribution >= 4 is 28.3 Å². The van der Waals surface area contributed by atoms with E-state index in [1.165, 1.54) is 4.90 Å². The van der Waals surface area contributed by atoms with Crippen LogP contribution in [0.5, 0.6) is 0 Å². The number of aromatic nitrogens is 2. The van der Waals surface area contributed by atoms with Crippen molar-refractivity contribution in [3.63, 3.8) is 0 Å². The summed E-state index contributed by atoms with van der Waals surface area (Å²) in [6.07, 6.45) is -0.0721. The number of esters is 1. The highest BCUT2D eigenvalue weighted by atomic mass is 16.5. The molecule has 3 aromatic rings. The number of ether oxygens (including phenoxy) is 1. The average molecular weight is 379 g/mol. The van der Waals surface area contributed by atoms with E-state index in [1.54, 1.807) is 50.4 Å². The largest absolute Gasteiger partial charge is 0.466 e. The standard InChI is InChI=1S/C21H21N3O4/c1-3-28-20(26)13-18-16-11-7-8-12-17(16)21(27)24(22-18)14-19(25)23(2)15-9-5-4-6-10-15/h4-12H,3,13-14H2,1-2H3. The molecule has 1 aromatic heterocycles. The summed E-state index contributed by atoms with van der Waals surface area (Å²) in [6, 6.07) is 16.0. The number of hydrogen-bond donors (Lipinski definition) is 0. The first-order valence-electron chi connectivity index (χ1n) is 8.97. The van der Waals surface area contributed by atoms with Gasteiger partial charge in [0.15, 0.2) is 0 Å². The van der Waals surface area contributed by atoms with Crippen LogP contribution in [-0.4, -0.2) is 35.3 Å². The average Bonchev–Trinajstić information content (AvgIpc) is 2.71. The predicted molar refractivity (Wildman–Crippen MR) is 106 cm³/mol. The molecule has 7 nitrogen and oxygen atoms in total. The number of benzene rings is 2. The lowest BCUT2D eigenvalue weighted by molar-refractivity contribution is -0.142. The first kappa shape index (κ1) is 19.3. The second kappa shape index (κ2) is 8.47. The molecule has 7 heteroatoms. The molecule has 0 radical (unpaired) electrons. The van der Waals surface area contributed by atoms with E-state index in [9.17, 15) is 14.4 Å². The number of rotatable bonds is 6. The van der Waals surface area contributed by atoms with Gasteiger partial charge < -0.3 is 9.64 Å². The normalized spacial score (nSPS) is 10.6. The molecule has 0 bridgehead atoms. The second-order valence-corrected chi connectivity index (χ2v) is 6.23. The zero-order chi connectivity index (χ0) is 20.1. The fraction of sp³-hybridized carbons (Fsp3) is 0.238. The minimum absolute atomic E-state index is 0.0721. The first-order valence-corrected chi connectivity index (χ1v) is 8.97. The number of carbonyl (C=O) groups is 2. The molecule has 0 spiro atoms. The third-order valence-electron chi connectivity index (χ3n) is 4.36. The van der Waals surface area contributed by atoms with Crippen molar-refractivity contribution < 1.29 is 14.3 Å². The van der Waals surface area contributed by atoms with Gasteiger partial charge in [0.05, 0.1) is 24.1 Å². The Morgan fingerprint density at radius 1 is 1.04 bits per heavy atom. The molecule has 0 saturated heterocycles. The summed E-state index contributed by atoms with van der Waals surface area (Å²) in [5.74, 6) is -0.726. The summed E-state index contributed by atoms with van der Waals surface area (Å²) in [7, 11) is 1.64. The highest BCUT2D eigenvalue weighted by molar-refractivity contribution is 5.93. The van der Waals surface area contributed by atoms with Gasteiger partial charge in [-0.25, -0.2) is 4.68 Å². The molecular formula is C21H21N3O4. The Bertz CT molecular complexity index is 1060. The molecule has 0 atom stereocenters. The maximum atomic E-state index is 12.8. The van der Waals surface area contributed by atoms with Gasteiger partial charge in [-0.05, 0) is 25.1 Å². The Morgan fingerprint density at radius 3 is 2.36 bits per heavy atom. The smallest absolute Gasteiger partial charge is 0.311 e. The van der Waals surface area contributed by atoms with Crippen LogP contribution in [0.15, 0.2) is 59.4 Å².